The number of anilines is 2. The number of ether oxygens (including phenoxy) is 1. The second kappa shape index (κ2) is 8.87. The predicted molar refractivity (Wildman–Crippen MR) is 123 cm³/mol. The van der Waals surface area contributed by atoms with Crippen molar-refractivity contribution in [2.24, 2.45) is 5.92 Å². The molecule has 1 heterocycles. The van der Waals surface area contributed by atoms with Gasteiger partial charge in [-0.05, 0) is 81.1 Å². The van der Waals surface area contributed by atoms with E-state index in [1.54, 1.807) is 7.11 Å². The van der Waals surface area contributed by atoms with Gasteiger partial charge < -0.3 is 20.7 Å². The summed E-state index contributed by atoms with van der Waals surface area (Å²) in [6.45, 7) is 6.85. The fourth-order valence-electron chi connectivity index (χ4n) is 3.98. The Labute approximate surface area is 173 Å². The Hall–Kier alpha value is -2.53. The Morgan fingerprint density at radius 1 is 1.10 bits per heavy atom. The molecule has 1 aromatic heterocycles. The van der Waals surface area contributed by atoms with E-state index in [9.17, 15) is 0 Å². The second-order valence-electron chi connectivity index (χ2n) is 8.12. The number of benzene rings is 2. The van der Waals surface area contributed by atoms with Gasteiger partial charge in [0.05, 0.1) is 23.8 Å². The van der Waals surface area contributed by atoms with Gasteiger partial charge in [-0.1, -0.05) is 6.92 Å². The maximum atomic E-state index is 6.00. The molecule has 2 aromatic carbocycles. The third-order valence-corrected chi connectivity index (χ3v) is 5.87. The standard InChI is InChI=1S/C24H32N4O/c1-3-28(16-17-6-7-17)13-5-4-12-26-24-20-10-8-18(25)14-23(20)27-22-11-9-19(29-2)15-21(22)24/h8-11,14-15,17H,3-7,12-13,16,25H2,1-2H3,(H,26,27). The lowest BCUT2D eigenvalue weighted by atomic mass is 10.1. The lowest BCUT2D eigenvalue weighted by Crippen LogP contribution is -2.27. The summed E-state index contributed by atoms with van der Waals surface area (Å²) in [5.74, 6) is 1.81. The number of aromatic nitrogens is 1. The van der Waals surface area contributed by atoms with E-state index >= 15 is 0 Å². The Morgan fingerprint density at radius 2 is 1.97 bits per heavy atom. The van der Waals surface area contributed by atoms with E-state index < -0.39 is 0 Å². The zero-order valence-corrected chi connectivity index (χ0v) is 17.6. The molecule has 0 radical (unpaired) electrons. The van der Waals surface area contributed by atoms with Gasteiger partial charge in [-0.15, -0.1) is 0 Å². The maximum absolute atomic E-state index is 6.00. The molecule has 1 aliphatic rings. The quantitative estimate of drug-likeness (QED) is 0.292. The van der Waals surface area contributed by atoms with Crippen LogP contribution in [0.25, 0.3) is 21.8 Å². The minimum atomic E-state index is 0.735. The summed E-state index contributed by atoms with van der Waals surface area (Å²) < 4.78 is 5.45. The molecule has 0 saturated heterocycles. The van der Waals surface area contributed by atoms with Gasteiger partial charge in [-0.25, -0.2) is 4.98 Å². The van der Waals surface area contributed by atoms with E-state index in [1.165, 1.54) is 32.4 Å². The molecule has 1 fully saturated rings. The number of fused-ring (bicyclic) bond motifs is 2. The maximum Gasteiger partial charge on any atom is 0.119 e. The summed E-state index contributed by atoms with van der Waals surface area (Å²) in [4.78, 5) is 7.40. The van der Waals surface area contributed by atoms with Crippen LogP contribution in [-0.2, 0) is 0 Å². The average molecular weight is 393 g/mol. The molecule has 0 atom stereocenters. The van der Waals surface area contributed by atoms with Crippen LogP contribution in [0.5, 0.6) is 5.75 Å². The normalized spacial score (nSPS) is 14.0. The first-order valence-electron chi connectivity index (χ1n) is 10.8. The molecule has 5 heteroatoms. The largest absolute Gasteiger partial charge is 0.497 e. The van der Waals surface area contributed by atoms with Crippen molar-refractivity contribution in [2.75, 3.05) is 44.3 Å². The molecule has 0 aliphatic heterocycles. The smallest absolute Gasteiger partial charge is 0.119 e. The Bertz CT molecular complexity index is 983. The summed E-state index contributed by atoms with van der Waals surface area (Å²) in [7, 11) is 1.70. The van der Waals surface area contributed by atoms with Crippen LogP contribution in [0.2, 0.25) is 0 Å². The summed E-state index contributed by atoms with van der Waals surface area (Å²) >= 11 is 0. The molecule has 3 aromatic rings. The lowest BCUT2D eigenvalue weighted by Gasteiger charge is -2.20. The number of methoxy groups -OCH3 is 1. The topological polar surface area (TPSA) is 63.4 Å². The minimum Gasteiger partial charge on any atom is -0.497 e. The highest BCUT2D eigenvalue weighted by atomic mass is 16.5. The van der Waals surface area contributed by atoms with Crippen LogP contribution < -0.4 is 15.8 Å². The fourth-order valence-corrected chi connectivity index (χ4v) is 3.98. The number of nitrogens with two attached hydrogens (primary N) is 1. The number of unbranched alkanes of at least 4 members (excludes halogenated alkanes) is 1. The predicted octanol–water partition coefficient (Wildman–Crippen LogP) is 4.90. The van der Waals surface area contributed by atoms with Crippen molar-refractivity contribution < 1.29 is 4.74 Å². The van der Waals surface area contributed by atoms with Crippen molar-refractivity contribution in [3.8, 4) is 5.75 Å². The molecule has 0 unspecified atom stereocenters. The number of rotatable bonds is 10. The first-order chi connectivity index (χ1) is 14.2. The van der Waals surface area contributed by atoms with Gasteiger partial charge in [0.1, 0.15) is 5.75 Å². The van der Waals surface area contributed by atoms with Crippen LogP contribution in [0, 0.1) is 5.92 Å². The number of nitrogen functional groups attached to an aromatic ring is 1. The van der Waals surface area contributed by atoms with Crippen LogP contribution in [0.3, 0.4) is 0 Å². The number of hydrogen-bond acceptors (Lipinski definition) is 5. The fraction of sp³-hybridized carbons (Fsp3) is 0.458. The second-order valence-corrected chi connectivity index (χ2v) is 8.12. The van der Waals surface area contributed by atoms with Crippen molar-refractivity contribution in [3.05, 3.63) is 36.4 Å². The third kappa shape index (κ3) is 4.73. The molecule has 5 nitrogen and oxygen atoms in total. The SMILES string of the molecule is CCN(CCCCNc1c2ccc(N)cc2nc2ccc(OC)cc12)CC1CC1. The zero-order chi connectivity index (χ0) is 20.2. The van der Waals surface area contributed by atoms with Crippen LogP contribution in [0.1, 0.15) is 32.6 Å². The first-order valence-corrected chi connectivity index (χ1v) is 10.8. The lowest BCUT2D eigenvalue weighted by molar-refractivity contribution is 0.272. The van der Waals surface area contributed by atoms with Gasteiger partial charge in [-0.3, -0.25) is 0 Å². The Morgan fingerprint density at radius 3 is 2.72 bits per heavy atom. The molecule has 3 N–H and O–H groups in total. The van der Waals surface area contributed by atoms with Crippen molar-refractivity contribution in [1.82, 2.24) is 9.88 Å². The van der Waals surface area contributed by atoms with E-state index in [0.29, 0.717) is 0 Å². The van der Waals surface area contributed by atoms with E-state index in [-0.39, 0.29) is 0 Å². The van der Waals surface area contributed by atoms with Crippen molar-refractivity contribution in [2.45, 2.75) is 32.6 Å². The molecule has 0 bridgehead atoms. The van der Waals surface area contributed by atoms with Crippen LogP contribution in [0.15, 0.2) is 36.4 Å². The summed E-state index contributed by atoms with van der Waals surface area (Å²) in [6.07, 6.45) is 5.21. The van der Waals surface area contributed by atoms with Gasteiger partial charge in [-0.2, -0.15) is 0 Å². The molecule has 29 heavy (non-hydrogen) atoms. The van der Waals surface area contributed by atoms with Gasteiger partial charge in [0.25, 0.3) is 0 Å². The van der Waals surface area contributed by atoms with Crippen molar-refractivity contribution >= 4 is 33.2 Å². The van der Waals surface area contributed by atoms with Gasteiger partial charge in [0.2, 0.25) is 0 Å². The van der Waals surface area contributed by atoms with E-state index in [0.717, 1.165) is 64.4 Å². The summed E-state index contributed by atoms with van der Waals surface area (Å²) in [6, 6.07) is 12.0. The molecule has 0 spiro atoms. The molecule has 0 amide bonds. The van der Waals surface area contributed by atoms with Gasteiger partial charge in [0, 0.05) is 29.5 Å². The first kappa shape index (κ1) is 19.8. The molecule has 1 saturated carbocycles. The van der Waals surface area contributed by atoms with Crippen LogP contribution in [0.4, 0.5) is 11.4 Å². The number of nitrogens with zero attached hydrogens (tertiary/aromatic N) is 2. The monoisotopic (exact) mass is 392 g/mol. The van der Waals surface area contributed by atoms with E-state index in [1.807, 2.05) is 24.3 Å². The van der Waals surface area contributed by atoms with Gasteiger partial charge >= 0.3 is 0 Å². The molecule has 154 valence electrons. The van der Waals surface area contributed by atoms with E-state index in [2.05, 4.69) is 29.3 Å². The highest BCUT2D eigenvalue weighted by molar-refractivity contribution is 6.08. The Kier molecular flexibility index (Phi) is 6.05. The summed E-state index contributed by atoms with van der Waals surface area (Å²) in [5, 5.41) is 5.88. The van der Waals surface area contributed by atoms with Crippen LogP contribution in [-0.4, -0.2) is 43.2 Å². The van der Waals surface area contributed by atoms with E-state index in [4.69, 9.17) is 15.5 Å². The number of nitrogens with one attached hydrogen (secondary N) is 1. The Balaban J connectivity index is 1.49. The zero-order valence-electron chi connectivity index (χ0n) is 17.6. The van der Waals surface area contributed by atoms with Crippen molar-refractivity contribution in [3.63, 3.8) is 0 Å². The number of hydrogen-bond donors (Lipinski definition) is 2. The highest BCUT2D eigenvalue weighted by Crippen LogP contribution is 2.34. The highest BCUT2D eigenvalue weighted by Gasteiger charge is 2.23. The number of pyridine rings is 1. The van der Waals surface area contributed by atoms with Crippen LogP contribution >= 0.6 is 0 Å². The average Bonchev–Trinajstić information content (AvgIpc) is 3.55. The van der Waals surface area contributed by atoms with Gasteiger partial charge in [0.15, 0.2) is 0 Å². The third-order valence-electron chi connectivity index (χ3n) is 5.87. The molecule has 1 aliphatic carbocycles. The molecule has 4 rings (SSSR count). The summed E-state index contributed by atoms with van der Waals surface area (Å²) in [5.41, 5.74) is 9.73. The molecular formula is C24H32N4O. The molecular weight excluding hydrogens is 360 g/mol. The van der Waals surface area contributed by atoms with Crippen molar-refractivity contribution in [1.29, 1.82) is 0 Å². The minimum absolute atomic E-state index is 0.735.